The Morgan fingerprint density at radius 3 is 2.62 bits per heavy atom. The van der Waals surface area contributed by atoms with Crippen molar-refractivity contribution in [1.82, 2.24) is 4.57 Å². The molecule has 0 atom stereocenters. The predicted octanol–water partition coefficient (Wildman–Crippen LogP) is 2.03. The molecule has 3 nitrogen and oxygen atoms in total. The van der Waals surface area contributed by atoms with Gasteiger partial charge in [0.2, 0.25) is 0 Å². The van der Waals surface area contributed by atoms with E-state index < -0.39 is 0 Å². The second-order valence-corrected chi connectivity index (χ2v) is 4.00. The van der Waals surface area contributed by atoms with Crippen LogP contribution in [-0.2, 0) is 7.05 Å². The summed E-state index contributed by atoms with van der Waals surface area (Å²) >= 11 is 0. The maximum absolute atomic E-state index is 11.9. The number of hydrogen-bond acceptors (Lipinski definition) is 2. The molecule has 3 heteroatoms. The van der Waals surface area contributed by atoms with Gasteiger partial charge in [0.05, 0.1) is 5.52 Å². The van der Waals surface area contributed by atoms with Crippen LogP contribution in [0.1, 0.15) is 16.7 Å². The highest BCUT2D eigenvalue weighted by Gasteiger charge is 2.11. The first-order valence-corrected chi connectivity index (χ1v) is 5.06. The Balaban J connectivity index is 3.10. The minimum atomic E-state index is -0.226. The van der Waals surface area contributed by atoms with E-state index in [-0.39, 0.29) is 11.1 Å². The normalized spacial score (nSPS) is 10.4. The summed E-state index contributed by atoms with van der Waals surface area (Å²) in [5, 5.41) is 9.96. The fourth-order valence-corrected chi connectivity index (χ4v) is 1.95. The molecule has 16 heavy (non-hydrogen) atoms. The van der Waals surface area contributed by atoms with E-state index in [2.05, 4.69) is 0 Å². The van der Waals surface area contributed by atoms with Crippen molar-refractivity contribution < 1.29 is 0 Å². The molecule has 2 rings (SSSR count). The molecule has 0 aliphatic rings. The third kappa shape index (κ3) is 1.31. The lowest BCUT2D eigenvalue weighted by Crippen LogP contribution is -2.21. The highest BCUT2D eigenvalue weighted by atomic mass is 16.1. The fourth-order valence-electron chi connectivity index (χ4n) is 1.95. The molecule has 0 aliphatic carbocycles. The minimum Gasteiger partial charge on any atom is -0.310 e. The Hall–Kier alpha value is -2.08. The molecule has 0 aliphatic heterocycles. The molecule has 1 aromatic carbocycles. The Kier molecular flexibility index (Phi) is 2.28. The maximum atomic E-state index is 11.9. The van der Waals surface area contributed by atoms with Crippen LogP contribution in [-0.4, -0.2) is 4.57 Å². The average Bonchev–Trinajstić information content (AvgIpc) is 2.27. The first-order valence-electron chi connectivity index (χ1n) is 5.06. The van der Waals surface area contributed by atoms with Crippen molar-refractivity contribution in [3.05, 3.63) is 45.2 Å². The number of nitriles is 1. The van der Waals surface area contributed by atoms with Crippen LogP contribution in [0.5, 0.6) is 0 Å². The van der Waals surface area contributed by atoms with E-state index in [1.54, 1.807) is 7.05 Å². The standard InChI is InChI=1S/C13H12N2O/c1-8-4-5-12-10(6-8)9(2)11(7-14)13(16)15(12)3/h4-6H,1-3H3. The largest absolute Gasteiger partial charge is 0.310 e. The number of hydrogen-bond donors (Lipinski definition) is 0. The van der Waals surface area contributed by atoms with Gasteiger partial charge in [-0.1, -0.05) is 11.6 Å². The van der Waals surface area contributed by atoms with Gasteiger partial charge in [-0.05, 0) is 31.5 Å². The number of aromatic nitrogens is 1. The van der Waals surface area contributed by atoms with Gasteiger partial charge in [-0.25, -0.2) is 0 Å². The highest BCUT2D eigenvalue weighted by Crippen LogP contribution is 2.19. The van der Waals surface area contributed by atoms with Crippen LogP contribution >= 0.6 is 0 Å². The van der Waals surface area contributed by atoms with Crippen molar-refractivity contribution >= 4 is 10.9 Å². The first kappa shape index (κ1) is 10.4. The summed E-state index contributed by atoms with van der Waals surface area (Å²) in [6.45, 7) is 3.82. The number of nitrogens with zero attached hydrogens (tertiary/aromatic N) is 2. The van der Waals surface area contributed by atoms with Crippen molar-refractivity contribution in [2.75, 3.05) is 0 Å². The van der Waals surface area contributed by atoms with Crippen LogP contribution < -0.4 is 5.56 Å². The van der Waals surface area contributed by atoms with Gasteiger partial charge in [-0.2, -0.15) is 5.26 Å². The molecule has 80 valence electrons. The van der Waals surface area contributed by atoms with E-state index in [9.17, 15) is 4.79 Å². The van der Waals surface area contributed by atoms with Crippen LogP contribution in [0.2, 0.25) is 0 Å². The topological polar surface area (TPSA) is 45.8 Å². The molecule has 0 amide bonds. The van der Waals surface area contributed by atoms with Gasteiger partial charge in [0.15, 0.2) is 0 Å². The third-order valence-electron chi connectivity index (χ3n) is 2.92. The summed E-state index contributed by atoms with van der Waals surface area (Å²) in [4.78, 5) is 11.9. The van der Waals surface area contributed by atoms with Crippen molar-refractivity contribution in [2.45, 2.75) is 13.8 Å². The van der Waals surface area contributed by atoms with Gasteiger partial charge in [0.25, 0.3) is 5.56 Å². The summed E-state index contributed by atoms with van der Waals surface area (Å²) in [6.07, 6.45) is 0. The van der Waals surface area contributed by atoms with Crippen LogP contribution in [0.4, 0.5) is 0 Å². The van der Waals surface area contributed by atoms with Gasteiger partial charge in [-0.15, -0.1) is 0 Å². The zero-order valence-corrected chi connectivity index (χ0v) is 9.53. The number of pyridine rings is 1. The second-order valence-electron chi connectivity index (χ2n) is 4.00. The van der Waals surface area contributed by atoms with Gasteiger partial charge in [-0.3, -0.25) is 4.79 Å². The molecule has 0 saturated carbocycles. The van der Waals surface area contributed by atoms with Crippen molar-refractivity contribution in [3.8, 4) is 6.07 Å². The lowest BCUT2D eigenvalue weighted by atomic mass is 10.0. The van der Waals surface area contributed by atoms with E-state index in [0.717, 1.165) is 22.0 Å². The Labute approximate surface area is 93.6 Å². The van der Waals surface area contributed by atoms with E-state index in [0.29, 0.717) is 0 Å². The van der Waals surface area contributed by atoms with Gasteiger partial charge in [0.1, 0.15) is 11.6 Å². The Bertz CT molecular complexity index is 675. The SMILES string of the molecule is Cc1ccc2c(c1)c(C)c(C#N)c(=O)n2C. The highest BCUT2D eigenvalue weighted by molar-refractivity contribution is 5.84. The van der Waals surface area contributed by atoms with Crippen molar-refractivity contribution in [2.24, 2.45) is 7.05 Å². The van der Waals surface area contributed by atoms with Crippen LogP contribution in [0.15, 0.2) is 23.0 Å². The summed E-state index contributed by atoms with van der Waals surface area (Å²) in [7, 11) is 1.69. The lowest BCUT2D eigenvalue weighted by molar-refractivity contribution is 0.897. The van der Waals surface area contributed by atoms with Crippen LogP contribution in [0.3, 0.4) is 0 Å². The smallest absolute Gasteiger partial charge is 0.268 e. The number of aryl methyl sites for hydroxylation is 3. The zero-order chi connectivity index (χ0) is 11.9. The zero-order valence-electron chi connectivity index (χ0n) is 9.53. The van der Waals surface area contributed by atoms with Gasteiger partial charge < -0.3 is 4.57 Å². The van der Waals surface area contributed by atoms with E-state index in [4.69, 9.17) is 5.26 Å². The minimum absolute atomic E-state index is 0.226. The predicted molar refractivity (Wildman–Crippen MR) is 63.4 cm³/mol. The lowest BCUT2D eigenvalue weighted by Gasteiger charge is -2.09. The Morgan fingerprint density at radius 1 is 1.31 bits per heavy atom. The van der Waals surface area contributed by atoms with Crippen molar-refractivity contribution in [1.29, 1.82) is 5.26 Å². The van der Waals surface area contributed by atoms with E-state index in [1.807, 2.05) is 38.1 Å². The molecule has 0 unspecified atom stereocenters. The summed E-state index contributed by atoms with van der Waals surface area (Å²) in [5.41, 5.74) is 2.77. The molecule has 0 bridgehead atoms. The number of rotatable bonds is 0. The quantitative estimate of drug-likeness (QED) is 0.670. The van der Waals surface area contributed by atoms with Gasteiger partial charge >= 0.3 is 0 Å². The molecule has 1 heterocycles. The summed E-state index contributed by atoms with van der Waals surface area (Å²) in [5.74, 6) is 0. The Morgan fingerprint density at radius 2 is 2.00 bits per heavy atom. The van der Waals surface area contributed by atoms with Crippen LogP contribution in [0.25, 0.3) is 10.9 Å². The molecule has 0 N–H and O–H groups in total. The van der Waals surface area contributed by atoms with Crippen molar-refractivity contribution in [3.63, 3.8) is 0 Å². The molecular formula is C13H12N2O. The molecule has 1 aromatic heterocycles. The van der Waals surface area contributed by atoms with Gasteiger partial charge in [0, 0.05) is 12.4 Å². The third-order valence-corrected chi connectivity index (χ3v) is 2.92. The number of fused-ring (bicyclic) bond motifs is 1. The maximum Gasteiger partial charge on any atom is 0.268 e. The number of benzene rings is 1. The first-order chi connectivity index (χ1) is 7.56. The molecular weight excluding hydrogens is 200 g/mol. The molecule has 0 spiro atoms. The second kappa shape index (κ2) is 3.49. The average molecular weight is 212 g/mol. The molecule has 0 radical (unpaired) electrons. The summed E-state index contributed by atoms with van der Waals surface area (Å²) < 4.78 is 1.53. The van der Waals surface area contributed by atoms with E-state index in [1.165, 1.54) is 4.57 Å². The summed E-state index contributed by atoms with van der Waals surface area (Å²) in [6, 6.07) is 7.87. The molecule has 2 aromatic rings. The van der Waals surface area contributed by atoms with Crippen LogP contribution in [0, 0.1) is 25.2 Å². The fraction of sp³-hybridized carbons (Fsp3) is 0.231. The monoisotopic (exact) mass is 212 g/mol. The van der Waals surface area contributed by atoms with E-state index >= 15 is 0 Å². The molecule has 0 saturated heterocycles. The molecule has 0 fully saturated rings.